The minimum atomic E-state index is 0.261. The number of nitrogens with one attached hydrogen (secondary N) is 2. The molecule has 5 heterocycles. The summed E-state index contributed by atoms with van der Waals surface area (Å²) in [5, 5.41) is 1.16. The zero-order chi connectivity index (χ0) is 19.1. The zero-order valence-corrected chi connectivity index (χ0v) is 16.3. The molecule has 0 aliphatic carbocycles. The van der Waals surface area contributed by atoms with Crippen molar-refractivity contribution < 1.29 is 4.79 Å². The van der Waals surface area contributed by atoms with E-state index < -0.39 is 0 Å². The lowest BCUT2D eigenvalue weighted by molar-refractivity contribution is -0.134. The molecule has 2 bridgehead atoms. The molecule has 6 heteroatoms. The summed E-state index contributed by atoms with van der Waals surface area (Å²) in [6, 6.07) is 8.53. The number of amides is 1. The number of aromatic nitrogens is 3. The monoisotopic (exact) mass is 377 g/mol. The first-order valence-electron chi connectivity index (χ1n) is 10.2. The average molecular weight is 377 g/mol. The second-order valence-corrected chi connectivity index (χ2v) is 8.35. The standard InChI is InChI=1S/C22H27N5O/c1-15-21(25-14-24-15)13-26-10-16-6-7-18(12-26)27(11-16)22(28)8-17-9-23-20-5-3-2-4-19(17)20/h2-5,9,14,16,18,23H,6-8,10-13H2,1H3,(H,24,25)/t16-,18+/m1/s1. The van der Waals surface area contributed by atoms with Gasteiger partial charge in [0.25, 0.3) is 0 Å². The number of H-pyrrole nitrogens is 2. The number of carbonyl (C=O) groups excluding carboxylic acids is 1. The Labute approximate surface area is 164 Å². The maximum absolute atomic E-state index is 13.2. The maximum atomic E-state index is 13.2. The van der Waals surface area contributed by atoms with Gasteiger partial charge in [0.1, 0.15) is 0 Å². The second kappa shape index (κ2) is 7.09. The van der Waals surface area contributed by atoms with Crippen molar-refractivity contribution in [1.82, 2.24) is 24.8 Å². The number of fused-ring (bicyclic) bond motifs is 5. The van der Waals surface area contributed by atoms with Crippen LogP contribution in [-0.4, -0.2) is 56.3 Å². The van der Waals surface area contributed by atoms with Gasteiger partial charge >= 0.3 is 0 Å². The molecule has 6 nitrogen and oxygen atoms in total. The fourth-order valence-electron chi connectivity index (χ4n) is 4.91. The van der Waals surface area contributed by atoms with Crippen molar-refractivity contribution in [2.24, 2.45) is 5.92 Å². The van der Waals surface area contributed by atoms with Crippen LogP contribution in [0.25, 0.3) is 10.9 Å². The smallest absolute Gasteiger partial charge is 0.227 e. The Morgan fingerprint density at radius 3 is 2.93 bits per heavy atom. The number of aromatic amines is 2. The molecule has 28 heavy (non-hydrogen) atoms. The van der Waals surface area contributed by atoms with Gasteiger partial charge in [-0.15, -0.1) is 0 Å². The fourth-order valence-corrected chi connectivity index (χ4v) is 4.91. The third kappa shape index (κ3) is 3.22. The SMILES string of the molecule is Cc1[nH]cnc1CN1C[C@H]2CC[C@@H](C1)N(C(=O)Cc1c[nH]c3ccccc13)C2. The van der Waals surface area contributed by atoms with E-state index in [1.54, 1.807) is 6.33 Å². The summed E-state index contributed by atoms with van der Waals surface area (Å²) in [6.45, 7) is 5.84. The highest BCUT2D eigenvalue weighted by Gasteiger charge is 2.37. The molecule has 0 spiro atoms. The van der Waals surface area contributed by atoms with Crippen molar-refractivity contribution in [3.05, 3.63) is 53.7 Å². The molecule has 3 fully saturated rings. The lowest BCUT2D eigenvalue weighted by atomic mass is 9.94. The number of piperidine rings is 1. The third-order valence-electron chi connectivity index (χ3n) is 6.43. The van der Waals surface area contributed by atoms with E-state index in [-0.39, 0.29) is 5.91 Å². The van der Waals surface area contributed by atoms with Crippen LogP contribution < -0.4 is 0 Å². The van der Waals surface area contributed by atoms with E-state index in [1.165, 1.54) is 6.42 Å². The summed E-state index contributed by atoms with van der Waals surface area (Å²) < 4.78 is 0. The number of nitrogens with zero attached hydrogens (tertiary/aromatic N) is 3. The number of hydrogen-bond donors (Lipinski definition) is 2. The van der Waals surface area contributed by atoms with Crippen LogP contribution >= 0.6 is 0 Å². The van der Waals surface area contributed by atoms with Crippen molar-refractivity contribution in [2.75, 3.05) is 19.6 Å². The quantitative estimate of drug-likeness (QED) is 0.735. The topological polar surface area (TPSA) is 68.0 Å². The largest absolute Gasteiger partial charge is 0.361 e. The predicted octanol–water partition coefficient (Wildman–Crippen LogP) is 2.86. The first-order chi connectivity index (χ1) is 13.7. The Bertz CT molecular complexity index is 990. The molecule has 0 radical (unpaired) electrons. The molecule has 6 rings (SSSR count). The van der Waals surface area contributed by atoms with Gasteiger partial charge in [-0.25, -0.2) is 4.98 Å². The molecule has 0 unspecified atom stereocenters. The number of aryl methyl sites for hydroxylation is 1. The Balaban J connectivity index is 1.31. The summed E-state index contributed by atoms with van der Waals surface area (Å²) >= 11 is 0. The van der Waals surface area contributed by atoms with Crippen LogP contribution in [-0.2, 0) is 17.8 Å². The van der Waals surface area contributed by atoms with Crippen LogP contribution in [0, 0.1) is 12.8 Å². The molecule has 3 aliphatic rings. The fraction of sp³-hybridized carbons (Fsp3) is 0.455. The van der Waals surface area contributed by atoms with E-state index in [0.717, 1.165) is 60.5 Å². The molecule has 146 valence electrons. The first kappa shape index (κ1) is 17.5. The molecule has 2 atom stereocenters. The molecule has 0 saturated carbocycles. The number of hydrogen-bond acceptors (Lipinski definition) is 3. The molecule has 2 aromatic heterocycles. The average Bonchev–Trinajstić information content (AvgIpc) is 3.17. The zero-order valence-electron chi connectivity index (χ0n) is 16.3. The van der Waals surface area contributed by atoms with Crippen LogP contribution in [0.15, 0.2) is 36.8 Å². The van der Waals surface area contributed by atoms with Crippen molar-refractivity contribution >= 4 is 16.8 Å². The first-order valence-corrected chi connectivity index (χ1v) is 10.2. The van der Waals surface area contributed by atoms with Crippen molar-refractivity contribution in [3.8, 4) is 0 Å². The van der Waals surface area contributed by atoms with Crippen LogP contribution in [0.2, 0.25) is 0 Å². The van der Waals surface area contributed by atoms with E-state index in [9.17, 15) is 4.79 Å². The van der Waals surface area contributed by atoms with Gasteiger partial charge in [-0.2, -0.15) is 0 Å². The van der Waals surface area contributed by atoms with E-state index in [2.05, 4.69) is 43.8 Å². The highest BCUT2D eigenvalue weighted by molar-refractivity contribution is 5.89. The Morgan fingerprint density at radius 2 is 2.07 bits per heavy atom. The van der Waals surface area contributed by atoms with Crippen molar-refractivity contribution in [1.29, 1.82) is 0 Å². The summed E-state index contributed by atoms with van der Waals surface area (Å²) in [5.74, 6) is 0.821. The molecule has 3 aromatic rings. The molecule has 1 aromatic carbocycles. The van der Waals surface area contributed by atoms with E-state index in [1.807, 2.05) is 18.3 Å². The maximum Gasteiger partial charge on any atom is 0.227 e. The molecule has 3 saturated heterocycles. The van der Waals surface area contributed by atoms with Gasteiger partial charge in [-0.1, -0.05) is 18.2 Å². The van der Waals surface area contributed by atoms with Crippen LogP contribution in [0.3, 0.4) is 0 Å². The normalized spacial score (nSPS) is 22.7. The lowest BCUT2D eigenvalue weighted by Crippen LogP contribution is -2.48. The van der Waals surface area contributed by atoms with E-state index >= 15 is 0 Å². The predicted molar refractivity (Wildman–Crippen MR) is 109 cm³/mol. The van der Waals surface area contributed by atoms with Crippen molar-refractivity contribution in [3.63, 3.8) is 0 Å². The molecule has 3 aliphatic heterocycles. The number of carbonyl (C=O) groups is 1. The number of benzene rings is 1. The van der Waals surface area contributed by atoms with Crippen LogP contribution in [0.4, 0.5) is 0 Å². The number of imidazole rings is 1. The van der Waals surface area contributed by atoms with Gasteiger partial charge in [0.2, 0.25) is 5.91 Å². The van der Waals surface area contributed by atoms with Crippen LogP contribution in [0.1, 0.15) is 29.8 Å². The Hall–Kier alpha value is -2.60. The number of para-hydroxylation sites is 1. The van der Waals surface area contributed by atoms with Gasteiger partial charge in [0.15, 0.2) is 0 Å². The highest BCUT2D eigenvalue weighted by atomic mass is 16.2. The van der Waals surface area contributed by atoms with Gasteiger partial charge in [-0.3, -0.25) is 9.69 Å². The minimum Gasteiger partial charge on any atom is -0.361 e. The van der Waals surface area contributed by atoms with Gasteiger partial charge in [-0.05, 0) is 37.3 Å². The molecular formula is C22H27N5O. The number of rotatable bonds is 4. The van der Waals surface area contributed by atoms with Gasteiger partial charge < -0.3 is 14.9 Å². The summed E-state index contributed by atoms with van der Waals surface area (Å²) in [5.41, 5.74) is 4.47. The molecule has 1 amide bonds. The van der Waals surface area contributed by atoms with E-state index in [4.69, 9.17) is 0 Å². The molecular weight excluding hydrogens is 350 g/mol. The minimum absolute atomic E-state index is 0.261. The third-order valence-corrected chi connectivity index (χ3v) is 6.43. The van der Waals surface area contributed by atoms with Gasteiger partial charge in [0.05, 0.1) is 18.4 Å². The van der Waals surface area contributed by atoms with E-state index in [0.29, 0.717) is 18.4 Å². The lowest BCUT2D eigenvalue weighted by Gasteiger charge is -2.36. The summed E-state index contributed by atoms with van der Waals surface area (Å²) in [4.78, 5) is 28.8. The molecule has 2 N–H and O–H groups in total. The van der Waals surface area contributed by atoms with Gasteiger partial charge in [0, 0.05) is 55.0 Å². The summed E-state index contributed by atoms with van der Waals surface area (Å²) in [7, 11) is 0. The second-order valence-electron chi connectivity index (χ2n) is 8.35. The highest BCUT2D eigenvalue weighted by Crippen LogP contribution is 2.30. The Kier molecular flexibility index (Phi) is 4.43. The summed E-state index contributed by atoms with van der Waals surface area (Å²) in [6.07, 6.45) is 6.57. The van der Waals surface area contributed by atoms with Crippen LogP contribution in [0.5, 0.6) is 0 Å². The van der Waals surface area contributed by atoms with Crippen molar-refractivity contribution in [2.45, 2.75) is 38.8 Å². The Morgan fingerprint density at radius 1 is 1.18 bits per heavy atom.